The Kier molecular flexibility index (Phi) is 5.11. The normalized spacial score (nSPS) is 17.2. The van der Waals surface area contributed by atoms with Crippen LogP contribution in [0.25, 0.3) is 10.9 Å². The van der Waals surface area contributed by atoms with Gasteiger partial charge in [-0.2, -0.15) is 0 Å². The zero-order valence-corrected chi connectivity index (χ0v) is 16.7. The molecular formula is C21H22N4O5. The number of rotatable bonds is 3. The molecule has 2 fully saturated rings. The molecule has 1 aromatic heterocycles. The van der Waals surface area contributed by atoms with Crippen LogP contribution in [0, 0.1) is 0 Å². The van der Waals surface area contributed by atoms with Crippen LogP contribution in [-0.2, 0) is 21.4 Å². The first-order valence-corrected chi connectivity index (χ1v) is 9.86. The van der Waals surface area contributed by atoms with Gasteiger partial charge in [-0.1, -0.05) is 18.2 Å². The Bertz CT molecular complexity index is 1100. The molecule has 2 saturated heterocycles. The molecule has 30 heavy (non-hydrogen) atoms. The summed E-state index contributed by atoms with van der Waals surface area (Å²) in [5.74, 6) is -1.19. The average Bonchev–Trinajstić information content (AvgIpc) is 3.08. The van der Waals surface area contributed by atoms with E-state index in [9.17, 15) is 24.0 Å². The van der Waals surface area contributed by atoms with Crippen molar-refractivity contribution < 1.29 is 19.2 Å². The number of aromatic nitrogens is 1. The fourth-order valence-electron chi connectivity index (χ4n) is 3.95. The standard InChI is InChI=1S/C21H22N4O5/c1-22-16-5-3-2-4-14(16)15(12-19(22)28)21(30)24-10-8-23(9-11-24)20(29)13-25-17(26)6-7-18(25)27/h2-5,12H,6-11,13H2,1H3. The van der Waals surface area contributed by atoms with Crippen molar-refractivity contribution in [1.29, 1.82) is 0 Å². The Hall–Kier alpha value is -3.49. The molecule has 2 aromatic rings. The number of pyridine rings is 1. The van der Waals surface area contributed by atoms with E-state index in [0.717, 1.165) is 4.90 Å². The Labute approximate surface area is 172 Å². The van der Waals surface area contributed by atoms with Crippen molar-refractivity contribution in [2.45, 2.75) is 12.8 Å². The summed E-state index contributed by atoms with van der Waals surface area (Å²) in [7, 11) is 1.67. The fraction of sp³-hybridized carbons (Fsp3) is 0.381. The molecule has 0 aliphatic carbocycles. The Morgan fingerprint density at radius 1 is 0.900 bits per heavy atom. The predicted molar refractivity (Wildman–Crippen MR) is 108 cm³/mol. The van der Waals surface area contributed by atoms with Crippen LogP contribution in [0.5, 0.6) is 0 Å². The van der Waals surface area contributed by atoms with Crippen LogP contribution in [0.1, 0.15) is 23.2 Å². The summed E-state index contributed by atoms with van der Waals surface area (Å²) in [6.07, 6.45) is 0.303. The number of nitrogens with zero attached hydrogens (tertiary/aromatic N) is 4. The Morgan fingerprint density at radius 2 is 1.50 bits per heavy atom. The third kappa shape index (κ3) is 3.47. The summed E-state index contributed by atoms with van der Waals surface area (Å²) in [5, 5.41) is 0.703. The second kappa shape index (κ2) is 7.74. The minimum atomic E-state index is -0.320. The quantitative estimate of drug-likeness (QED) is 0.662. The van der Waals surface area contributed by atoms with E-state index in [1.165, 1.54) is 10.6 Å². The first-order valence-electron chi connectivity index (χ1n) is 9.86. The SMILES string of the molecule is Cn1c(=O)cc(C(=O)N2CCN(C(=O)CN3C(=O)CCC3=O)CC2)c2ccccc21. The lowest BCUT2D eigenvalue weighted by Gasteiger charge is -2.35. The van der Waals surface area contributed by atoms with Crippen molar-refractivity contribution in [2.75, 3.05) is 32.7 Å². The van der Waals surface area contributed by atoms with Gasteiger partial charge in [0.15, 0.2) is 0 Å². The van der Waals surface area contributed by atoms with Crippen molar-refractivity contribution in [3.63, 3.8) is 0 Å². The molecule has 4 amide bonds. The van der Waals surface area contributed by atoms with Gasteiger partial charge in [0, 0.05) is 57.5 Å². The van der Waals surface area contributed by atoms with Crippen LogP contribution < -0.4 is 5.56 Å². The van der Waals surface area contributed by atoms with Gasteiger partial charge in [0.2, 0.25) is 17.7 Å². The number of imide groups is 1. The molecule has 2 aliphatic rings. The highest BCUT2D eigenvalue weighted by Crippen LogP contribution is 2.19. The van der Waals surface area contributed by atoms with E-state index in [-0.39, 0.29) is 48.6 Å². The summed E-state index contributed by atoms with van der Waals surface area (Å²) >= 11 is 0. The van der Waals surface area contributed by atoms with Gasteiger partial charge in [-0.25, -0.2) is 0 Å². The molecule has 0 spiro atoms. The van der Waals surface area contributed by atoms with E-state index in [0.29, 0.717) is 42.6 Å². The van der Waals surface area contributed by atoms with Gasteiger partial charge < -0.3 is 14.4 Å². The largest absolute Gasteiger partial charge is 0.338 e. The highest BCUT2D eigenvalue weighted by molar-refractivity contribution is 6.06. The lowest BCUT2D eigenvalue weighted by atomic mass is 10.1. The number of aryl methyl sites for hydroxylation is 1. The van der Waals surface area contributed by atoms with Gasteiger partial charge in [-0.05, 0) is 6.07 Å². The molecule has 4 rings (SSSR count). The van der Waals surface area contributed by atoms with Crippen molar-refractivity contribution in [1.82, 2.24) is 19.3 Å². The highest BCUT2D eigenvalue weighted by atomic mass is 16.2. The van der Waals surface area contributed by atoms with E-state index in [1.54, 1.807) is 22.9 Å². The number of hydrogen-bond donors (Lipinski definition) is 0. The zero-order chi connectivity index (χ0) is 21.4. The molecule has 9 heteroatoms. The average molecular weight is 410 g/mol. The summed E-state index contributed by atoms with van der Waals surface area (Å²) in [5.41, 5.74) is 0.773. The summed E-state index contributed by atoms with van der Waals surface area (Å²) in [6, 6.07) is 8.60. The van der Waals surface area contributed by atoms with Gasteiger partial charge in [-0.15, -0.1) is 0 Å². The highest BCUT2D eigenvalue weighted by Gasteiger charge is 2.33. The van der Waals surface area contributed by atoms with Crippen LogP contribution >= 0.6 is 0 Å². The van der Waals surface area contributed by atoms with E-state index in [4.69, 9.17) is 0 Å². The van der Waals surface area contributed by atoms with Gasteiger partial charge in [0.25, 0.3) is 11.5 Å². The van der Waals surface area contributed by atoms with Gasteiger partial charge in [0.1, 0.15) is 6.54 Å². The van der Waals surface area contributed by atoms with Crippen LogP contribution in [0.2, 0.25) is 0 Å². The number of hydrogen-bond acceptors (Lipinski definition) is 5. The maximum atomic E-state index is 13.1. The number of para-hydroxylation sites is 1. The van der Waals surface area contributed by atoms with E-state index >= 15 is 0 Å². The minimum Gasteiger partial charge on any atom is -0.338 e. The number of piperazine rings is 1. The van der Waals surface area contributed by atoms with Crippen molar-refractivity contribution in [3.05, 3.63) is 46.2 Å². The number of fused-ring (bicyclic) bond motifs is 1. The van der Waals surface area contributed by atoms with Crippen LogP contribution in [0.4, 0.5) is 0 Å². The second-order valence-corrected chi connectivity index (χ2v) is 7.52. The molecule has 0 N–H and O–H groups in total. The van der Waals surface area contributed by atoms with E-state index < -0.39 is 0 Å². The molecule has 156 valence electrons. The zero-order valence-electron chi connectivity index (χ0n) is 16.7. The Balaban J connectivity index is 1.45. The third-order valence-electron chi connectivity index (χ3n) is 5.75. The second-order valence-electron chi connectivity index (χ2n) is 7.52. The number of benzene rings is 1. The van der Waals surface area contributed by atoms with Gasteiger partial charge in [-0.3, -0.25) is 28.9 Å². The van der Waals surface area contributed by atoms with Crippen molar-refractivity contribution in [2.24, 2.45) is 7.05 Å². The van der Waals surface area contributed by atoms with Crippen LogP contribution in [0.15, 0.2) is 35.1 Å². The molecule has 9 nitrogen and oxygen atoms in total. The van der Waals surface area contributed by atoms with Crippen LogP contribution in [-0.4, -0.2) is 75.6 Å². The first-order chi connectivity index (χ1) is 14.4. The molecule has 0 bridgehead atoms. The molecule has 0 radical (unpaired) electrons. The summed E-state index contributed by atoms with van der Waals surface area (Å²) in [4.78, 5) is 65.5. The monoisotopic (exact) mass is 410 g/mol. The summed E-state index contributed by atoms with van der Waals surface area (Å²) < 4.78 is 1.50. The molecular weight excluding hydrogens is 388 g/mol. The van der Waals surface area contributed by atoms with Crippen molar-refractivity contribution >= 4 is 34.5 Å². The number of amides is 4. The van der Waals surface area contributed by atoms with E-state index in [2.05, 4.69) is 0 Å². The first kappa shape index (κ1) is 19.8. The smallest absolute Gasteiger partial charge is 0.254 e. The maximum absolute atomic E-state index is 13.1. The summed E-state index contributed by atoms with van der Waals surface area (Å²) in [6.45, 7) is 1.00. The number of carbonyl (C=O) groups excluding carboxylic acids is 4. The molecule has 1 aromatic carbocycles. The minimum absolute atomic E-state index is 0.152. The maximum Gasteiger partial charge on any atom is 0.254 e. The molecule has 2 aliphatic heterocycles. The fourth-order valence-corrected chi connectivity index (χ4v) is 3.95. The lowest BCUT2D eigenvalue weighted by Crippen LogP contribution is -2.53. The molecule has 0 atom stereocenters. The molecule has 3 heterocycles. The number of likely N-dealkylation sites (tertiary alicyclic amines) is 1. The predicted octanol–water partition coefficient (Wildman–Crippen LogP) is -0.0281. The van der Waals surface area contributed by atoms with Gasteiger partial charge in [0.05, 0.1) is 11.1 Å². The third-order valence-corrected chi connectivity index (χ3v) is 5.75. The Morgan fingerprint density at radius 3 is 2.17 bits per heavy atom. The van der Waals surface area contributed by atoms with Crippen molar-refractivity contribution in [3.8, 4) is 0 Å². The molecule has 0 saturated carbocycles. The van der Waals surface area contributed by atoms with Crippen LogP contribution in [0.3, 0.4) is 0 Å². The lowest BCUT2D eigenvalue weighted by molar-refractivity contribution is -0.146. The van der Waals surface area contributed by atoms with E-state index in [1.807, 2.05) is 18.2 Å². The van der Waals surface area contributed by atoms with Gasteiger partial charge >= 0.3 is 0 Å². The molecule has 0 unspecified atom stereocenters. The topological polar surface area (TPSA) is 100 Å². The number of carbonyl (C=O) groups is 4.